The molecule has 3 aromatic heterocycles. The second kappa shape index (κ2) is 6.82. The van der Waals surface area contributed by atoms with E-state index in [1.165, 1.54) is 10.5 Å². The molecule has 3 aromatic rings. The Bertz CT molecular complexity index is 1050. The van der Waals surface area contributed by atoms with Crippen molar-refractivity contribution in [1.82, 2.24) is 24.4 Å². The fourth-order valence-electron chi connectivity index (χ4n) is 3.47. The first-order valence-electron chi connectivity index (χ1n) is 8.65. The van der Waals surface area contributed by atoms with Crippen molar-refractivity contribution >= 4 is 10.0 Å². The van der Waals surface area contributed by atoms with Crippen LogP contribution >= 0.6 is 0 Å². The maximum atomic E-state index is 13.1. The van der Waals surface area contributed by atoms with Crippen LogP contribution in [0.25, 0.3) is 11.3 Å². The summed E-state index contributed by atoms with van der Waals surface area (Å²) in [7, 11) is -3.65. The van der Waals surface area contributed by atoms with E-state index in [1.807, 2.05) is 13.8 Å². The van der Waals surface area contributed by atoms with Gasteiger partial charge in [0.05, 0.1) is 41.1 Å². The van der Waals surface area contributed by atoms with Crippen molar-refractivity contribution < 1.29 is 12.9 Å². The molecule has 1 aliphatic heterocycles. The van der Waals surface area contributed by atoms with Crippen LogP contribution in [0, 0.1) is 13.8 Å². The number of sulfonamides is 1. The van der Waals surface area contributed by atoms with Gasteiger partial charge in [0.15, 0.2) is 0 Å². The zero-order chi connectivity index (χ0) is 19.0. The lowest BCUT2D eigenvalue weighted by Gasteiger charge is -2.23. The Labute approximate surface area is 157 Å². The normalized spacial score (nSPS) is 18.1. The van der Waals surface area contributed by atoms with Gasteiger partial charge in [0.1, 0.15) is 10.7 Å². The molecule has 0 bridgehead atoms. The van der Waals surface area contributed by atoms with Crippen molar-refractivity contribution in [2.24, 2.45) is 0 Å². The highest BCUT2D eigenvalue weighted by atomic mass is 32.2. The van der Waals surface area contributed by atoms with E-state index in [0.29, 0.717) is 30.1 Å². The van der Waals surface area contributed by atoms with E-state index in [9.17, 15) is 8.42 Å². The summed E-state index contributed by atoms with van der Waals surface area (Å²) in [6, 6.07) is 2.82. The van der Waals surface area contributed by atoms with Crippen LogP contribution in [0.15, 0.2) is 46.3 Å². The Morgan fingerprint density at radius 1 is 1.19 bits per heavy atom. The molecule has 4 rings (SSSR count). The molecule has 140 valence electrons. The van der Waals surface area contributed by atoms with Gasteiger partial charge in [-0.15, -0.1) is 0 Å². The number of aryl methyl sites for hydroxylation is 2. The monoisotopic (exact) mass is 385 g/mol. The lowest BCUT2D eigenvalue weighted by Crippen LogP contribution is -2.31. The molecular formula is C18H19N5O3S. The first kappa shape index (κ1) is 17.7. The summed E-state index contributed by atoms with van der Waals surface area (Å²) in [4.78, 5) is 13.1. The molecule has 1 saturated heterocycles. The Balaban J connectivity index is 1.72. The number of hydrogen-bond donors (Lipinski definition) is 0. The van der Waals surface area contributed by atoms with Gasteiger partial charge in [-0.3, -0.25) is 9.97 Å². The van der Waals surface area contributed by atoms with Gasteiger partial charge >= 0.3 is 0 Å². The summed E-state index contributed by atoms with van der Waals surface area (Å²) in [6.07, 6.45) is 7.66. The predicted molar refractivity (Wildman–Crippen MR) is 97.1 cm³/mol. The Hall–Kier alpha value is -2.65. The van der Waals surface area contributed by atoms with E-state index >= 15 is 0 Å². The van der Waals surface area contributed by atoms with E-state index in [4.69, 9.17) is 9.51 Å². The van der Waals surface area contributed by atoms with Crippen molar-refractivity contribution in [2.45, 2.75) is 37.6 Å². The average Bonchev–Trinajstić information content (AvgIpc) is 3.30. The first-order chi connectivity index (χ1) is 13.0. The third-order valence-corrected chi connectivity index (χ3v) is 6.62. The number of nitrogens with zero attached hydrogens (tertiary/aromatic N) is 5. The smallest absolute Gasteiger partial charge is 0.245 e. The molecule has 4 heterocycles. The molecule has 0 unspecified atom stereocenters. The lowest BCUT2D eigenvalue weighted by atomic mass is 10.1. The minimum Gasteiger partial charge on any atom is -0.361 e. The summed E-state index contributed by atoms with van der Waals surface area (Å²) in [5.74, 6) is 0.658. The molecule has 8 nitrogen and oxygen atoms in total. The Morgan fingerprint density at radius 2 is 2.04 bits per heavy atom. The summed E-state index contributed by atoms with van der Waals surface area (Å²) in [5.41, 5.74) is 2.78. The summed E-state index contributed by atoms with van der Waals surface area (Å²) in [6.45, 7) is 4.10. The number of rotatable bonds is 4. The molecule has 0 spiro atoms. The topological polar surface area (TPSA) is 102 Å². The van der Waals surface area contributed by atoms with Crippen LogP contribution in [0.3, 0.4) is 0 Å². The average molecular weight is 385 g/mol. The molecule has 0 radical (unpaired) electrons. The maximum absolute atomic E-state index is 13.1. The highest BCUT2D eigenvalue weighted by Crippen LogP contribution is 2.36. The van der Waals surface area contributed by atoms with Crippen LogP contribution in [0.2, 0.25) is 0 Å². The van der Waals surface area contributed by atoms with E-state index in [0.717, 1.165) is 17.7 Å². The van der Waals surface area contributed by atoms with E-state index in [-0.39, 0.29) is 10.9 Å². The van der Waals surface area contributed by atoms with Gasteiger partial charge in [-0.1, -0.05) is 5.16 Å². The standard InChI is InChI=1S/C18H19N5O3S/c1-12-18(13(2)26-22-12)16-11-20-10-15(21-16)17-6-4-8-23(17)27(24,25)14-5-3-7-19-9-14/h3,5,7,9-11,17H,4,6,8H2,1-2H3/t17-/m0/s1. The lowest BCUT2D eigenvalue weighted by molar-refractivity contribution is 0.389. The fourth-order valence-corrected chi connectivity index (χ4v) is 5.10. The second-order valence-electron chi connectivity index (χ2n) is 6.49. The largest absolute Gasteiger partial charge is 0.361 e. The zero-order valence-corrected chi connectivity index (χ0v) is 15.8. The number of pyridine rings is 1. The third-order valence-electron chi connectivity index (χ3n) is 4.73. The first-order valence-corrected chi connectivity index (χ1v) is 10.1. The van der Waals surface area contributed by atoms with Crippen LogP contribution in [-0.2, 0) is 10.0 Å². The molecule has 0 N–H and O–H groups in total. The third kappa shape index (κ3) is 3.13. The molecule has 0 aliphatic carbocycles. The van der Waals surface area contributed by atoms with Gasteiger partial charge in [0.2, 0.25) is 10.0 Å². The van der Waals surface area contributed by atoms with Crippen molar-refractivity contribution in [3.8, 4) is 11.3 Å². The van der Waals surface area contributed by atoms with Crippen molar-refractivity contribution in [2.75, 3.05) is 6.54 Å². The van der Waals surface area contributed by atoms with Gasteiger partial charge in [-0.2, -0.15) is 4.31 Å². The minimum absolute atomic E-state index is 0.187. The van der Waals surface area contributed by atoms with Crippen LogP contribution in [0.5, 0.6) is 0 Å². The second-order valence-corrected chi connectivity index (χ2v) is 8.38. The summed E-state index contributed by atoms with van der Waals surface area (Å²) < 4.78 is 32.8. The molecule has 27 heavy (non-hydrogen) atoms. The van der Waals surface area contributed by atoms with Gasteiger partial charge in [0.25, 0.3) is 0 Å². The maximum Gasteiger partial charge on any atom is 0.245 e. The van der Waals surface area contributed by atoms with Gasteiger partial charge in [-0.05, 0) is 38.8 Å². The Kier molecular flexibility index (Phi) is 4.48. The van der Waals surface area contributed by atoms with E-state index in [1.54, 1.807) is 30.7 Å². The van der Waals surface area contributed by atoms with E-state index in [2.05, 4.69) is 15.1 Å². The minimum atomic E-state index is -3.65. The molecule has 1 aliphatic rings. The van der Waals surface area contributed by atoms with Crippen LogP contribution < -0.4 is 0 Å². The summed E-state index contributed by atoms with van der Waals surface area (Å²) >= 11 is 0. The summed E-state index contributed by atoms with van der Waals surface area (Å²) in [5, 5.41) is 3.96. The molecule has 1 atom stereocenters. The molecule has 0 aromatic carbocycles. The van der Waals surface area contributed by atoms with Crippen molar-refractivity contribution in [1.29, 1.82) is 0 Å². The number of aromatic nitrogens is 4. The highest BCUT2D eigenvalue weighted by Gasteiger charge is 2.37. The van der Waals surface area contributed by atoms with Crippen LogP contribution in [0.1, 0.15) is 36.0 Å². The van der Waals surface area contributed by atoms with Gasteiger partial charge in [0, 0.05) is 18.9 Å². The zero-order valence-electron chi connectivity index (χ0n) is 15.0. The SMILES string of the molecule is Cc1noc(C)c1-c1cncc([C@@H]2CCCN2S(=O)(=O)c2cccnc2)n1. The molecule has 0 saturated carbocycles. The van der Waals surface area contributed by atoms with Gasteiger partial charge in [-0.25, -0.2) is 13.4 Å². The Morgan fingerprint density at radius 3 is 2.74 bits per heavy atom. The fraction of sp³-hybridized carbons (Fsp3) is 0.333. The highest BCUT2D eigenvalue weighted by molar-refractivity contribution is 7.89. The van der Waals surface area contributed by atoms with Gasteiger partial charge < -0.3 is 4.52 Å². The molecular weight excluding hydrogens is 366 g/mol. The number of hydrogen-bond acceptors (Lipinski definition) is 7. The van der Waals surface area contributed by atoms with Crippen molar-refractivity contribution in [3.63, 3.8) is 0 Å². The van der Waals surface area contributed by atoms with Crippen LogP contribution in [0.4, 0.5) is 0 Å². The quantitative estimate of drug-likeness (QED) is 0.680. The predicted octanol–water partition coefficient (Wildman–Crippen LogP) is 2.67. The molecule has 1 fully saturated rings. The van der Waals surface area contributed by atoms with E-state index < -0.39 is 10.0 Å². The van der Waals surface area contributed by atoms with Crippen LogP contribution in [-0.4, -0.2) is 39.4 Å². The molecule has 0 amide bonds. The molecule has 9 heteroatoms. The van der Waals surface area contributed by atoms with Crippen molar-refractivity contribution in [3.05, 3.63) is 54.1 Å².